The molecule has 2 unspecified atom stereocenters. The lowest BCUT2D eigenvalue weighted by Gasteiger charge is -2.43. The Morgan fingerprint density at radius 3 is 2.44 bits per heavy atom. The molecule has 1 N–H and O–H groups in total. The lowest BCUT2D eigenvalue weighted by Crippen LogP contribution is -2.51. The molecule has 1 aromatic heterocycles. The van der Waals surface area contributed by atoms with Crippen molar-refractivity contribution < 1.29 is 0 Å². The average molecular weight is 268 g/mol. The van der Waals surface area contributed by atoms with Gasteiger partial charge in [-0.1, -0.05) is 13.8 Å². The van der Waals surface area contributed by atoms with E-state index in [9.17, 15) is 0 Å². The lowest BCUT2D eigenvalue weighted by molar-refractivity contribution is 0.113. The third kappa shape index (κ3) is 3.34. The number of nitrogens with zero attached hydrogens (tertiary/aromatic N) is 1. The van der Waals surface area contributed by atoms with Crippen LogP contribution in [0.1, 0.15) is 50.1 Å². The predicted molar refractivity (Wildman–Crippen MR) is 82.5 cm³/mol. The normalized spacial score (nSPS) is 16.8. The molecule has 0 aliphatic rings. The van der Waals surface area contributed by atoms with Gasteiger partial charge in [-0.25, -0.2) is 0 Å². The van der Waals surface area contributed by atoms with Crippen LogP contribution in [0.5, 0.6) is 0 Å². The number of aryl methyl sites for hydroxylation is 1. The van der Waals surface area contributed by atoms with Crippen molar-refractivity contribution >= 4 is 11.3 Å². The highest BCUT2D eigenvalue weighted by atomic mass is 32.1. The highest BCUT2D eigenvalue weighted by Gasteiger charge is 2.35. The van der Waals surface area contributed by atoms with E-state index in [1.807, 2.05) is 11.3 Å². The van der Waals surface area contributed by atoms with Crippen LogP contribution in [0.2, 0.25) is 0 Å². The van der Waals surface area contributed by atoms with Gasteiger partial charge in [0, 0.05) is 10.4 Å². The largest absolute Gasteiger partial charge is 0.308 e. The molecule has 0 bridgehead atoms. The number of nitrogens with one attached hydrogen (secondary N) is 1. The van der Waals surface area contributed by atoms with Gasteiger partial charge in [0.15, 0.2) is 0 Å². The Bertz CT molecular complexity index is 359. The van der Waals surface area contributed by atoms with Gasteiger partial charge in [-0.15, -0.1) is 11.3 Å². The van der Waals surface area contributed by atoms with Crippen molar-refractivity contribution in [3.05, 3.63) is 21.9 Å². The minimum absolute atomic E-state index is 0.155. The third-order valence-electron chi connectivity index (χ3n) is 4.04. The van der Waals surface area contributed by atoms with Gasteiger partial charge in [-0.3, -0.25) is 0 Å². The fourth-order valence-corrected chi connectivity index (χ4v) is 3.11. The lowest BCUT2D eigenvalue weighted by atomic mass is 9.84. The molecule has 2 nitrogen and oxygen atoms in total. The summed E-state index contributed by atoms with van der Waals surface area (Å²) in [6.45, 7) is 10.1. The topological polar surface area (TPSA) is 15.3 Å². The first-order valence-corrected chi connectivity index (χ1v) is 7.79. The first-order chi connectivity index (χ1) is 8.45. The number of likely N-dealkylation sites (N-methyl/N-ethyl adjacent to an activating group) is 1. The van der Waals surface area contributed by atoms with Crippen LogP contribution in [-0.2, 0) is 0 Å². The van der Waals surface area contributed by atoms with Crippen LogP contribution in [0, 0.1) is 6.92 Å². The van der Waals surface area contributed by atoms with E-state index in [4.69, 9.17) is 0 Å². The van der Waals surface area contributed by atoms with Crippen LogP contribution < -0.4 is 5.32 Å². The molecule has 104 valence electrons. The maximum atomic E-state index is 3.74. The van der Waals surface area contributed by atoms with Crippen LogP contribution in [-0.4, -0.2) is 31.1 Å². The van der Waals surface area contributed by atoms with E-state index in [1.54, 1.807) is 0 Å². The molecule has 3 heteroatoms. The molecule has 1 rings (SSSR count). The Morgan fingerprint density at radius 2 is 2.06 bits per heavy atom. The second-order valence-electron chi connectivity index (χ2n) is 5.48. The first kappa shape index (κ1) is 15.7. The summed E-state index contributed by atoms with van der Waals surface area (Å²) in [5.41, 5.74) is 1.59. The van der Waals surface area contributed by atoms with Gasteiger partial charge in [-0.05, 0) is 64.3 Å². The minimum atomic E-state index is 0.155. The Morgan fingerprint density at radius 1 is 1.39 bits per heavy atom. The fraction of sp³-hybridized carbons (Fsp3) is 0.733. The van der Waals surface area contributed by atoms with Crippen LogP contribution in [0.4, 0.5) is 0 Å². The summed E-state index contributed by atoms with van der Waals surface area (Å²) in [6.07, 6.45) is 2.31. The fourth-order valence-electron chi connectivity index (χ4n) is 2.38. The van der Waals surface area contributed by atoms with Gasteiger partial charge in [0.25, 0.3) is 0 Å². The number of thiophene rings is 1. The molecular formula is C15H28N2S. The Kier molecular flexibility index (Phi) is 5.83. The Labute approximate surface area is 116 Å². The van der Waals surface area contributed by atoms with E-state index in [2.05, 4.69) is 63.5 Å². The predicted octanol–water partition coefficient (Wildman–Crippen LogP) is 3.83. The second-order valence-corrected chi connectivity index (χ2v) is 6.60. The number of hydrogen-bond donors (Lipinski definition) is 1. The Balaban J connectivity index is 3.03. The summed E-state index contributed by atoms with van der Waals surface area (Å²) >= 11 is 1.85. The van der Waals surface area contributed by atoms with Gasteiger partial charge >= 0.3 is 0 Å². The molecule has 0 saturated heterocycles. The highest BCUT2D eigenvalue weighted by Crippen LogP contribution is 2.34. The number of hydrogen-bond acceptors (Lipinski definition) is 3. The zero-order chi connectivity index (χ0) is 13.8. The van der Waals surface area contributed by atoms with Crippen molar-refractivity contribution in [2.45, 2.75) is 52.1 Å². The van der Waals surface area contributed by atoms with Gasteiger partial charge in [-0.2, -0.15) is 0 Å². The van der Waals surface area contributed by atoms with Gasteiger partial charge in [0.1, 0.15) is 0 Å². The maximum absolute atomic E-state index is 3.74. The van der Waals surface area contributed by atoms with E-state index in [-0.39, 0.29) is 5.54 Å². The smallest absolute Gasteiger partial charge is 0.0512 e. The maximum Gasteiger partial charge on any atom is 0.0512 e. The van der Waals surface area contributed by atoms with Gasteiger partial charge in [0.2, 0.25) is 0 Å². The van der Waals surface area contributed by atoms with E-state index >= 15 is 0 Å². The summed E-state index contributed by atoms with van der Waals surface area (Å²) in [6, 6.07) is 2.73. The molecule has 0 aliphatic carbocycles. The molecule has 0 radical (unpaired) electrons. The van der Waals surface area contributed by atoms with Gasteiger partial charge in [0.05, 0.1) is 6.04 Å². The summed E-state index contributed by atoms with van der Waals surface area (Å²) in [5.74, 6) is 0. The molecule has 1 heterocycles. The zero-order valence-corrected chi connectivity index (χ0v) is 13.5. The molecule has 0 saturated carbocycles. The quantitative estimate of drug-likeness (QED) is 0.808. The molecule has 0 aliphatic heterocycles. The first-order valence-electron chi connectivity index (χ1n) is 6.91. The average Bonchev–Trinajstić information content (AvgIpc) is 2.75. The van der Waals surface area contributed by atoms with Crippen LogP contribution in [0.15, 0.2) is 11.4 Å². The zero-order valence-electron chi connectivity index (χ0n) is 12.7. The van der Waals surface area contributed by atoms with Crippen LogP contribution >= 0.6 is 11.3 Å². The van der Waals surface area contributed by atoms with Crippen molar-refractivity contribution in [3.63, 3.8) is 0 Å². The SMILES string of the molecule is CCCNC(c1csc(C)c1)C(C)(CC)N(C)C. The summed E-state index contributed by atoms with van der Waals surface area (Å²) in [4.78, 5) is 3.75. The minimum Gasteiger partial charge on any atom is -0.308 e. The molecule has 2 atom stereocenters. The molecule has 18 heavy (non-hydrogen) atoms. The molecule has 0 spiro atoms. The molecule has 0 fully saturated rings. The summed E-state index contributed by atoms with van der Waals surface area (Å²) < 4.78 is 0. The molecule has 0 aromatic carbocycles. The Hall–Kier alpha value is -0.380. The van der Waals surface area contributed by atoms with Crippen molar-refractivity contribution in [2.24, 2.45) is 0 Å². The summed E-state index contributed by atoms with van der Waals surface area (Å²) in [5, 5.41) is 6.04. The van der Waals surface area contributed by atoms with Gasteiger partial charge < -0.3 is 10.2 Å². The molecule has 1 aromatic rings. The molecule has 0 amide bonds. The van der Waals surface area contributed by atoms with Crippen LogP contribution in [0.25, 0.3) is 0 Å². The van der Waals surface area contributed by atoms with Crippen molar-refractivity contribution in [1.29, 1.82) is 0 Å². The van der Waals surface area contributed by atoms with Crippen molar-refractivity contribution in [2.75, 3.05) is 20.6 Å². The van der Waals surface area contributed by atoms with Crippen molar-refractivity contribution in [3.8, 4) is 0 Å². The summed E-state index contributed by atoms with van der Waals surface area (Å²) in [7, 11) is 4.37. The second kappa shape index (κ2) is 6.69. The third-order valence-corrected chi connectivity index (χ3v) is 4.92. The highest BCUT2D eigenvalue weighted by molar-refractivity contribution is 7.10. The van der Waals surface area contributed by atoms with Crippen LogP contribution in [0.3, 0.4) is 0 Å². The van der Waals surface area contributed by atoms with E-state index in [0.29, 0.717) is 6.04 Å². The van der Waals surface area contributed by atoms with E-state index in [0.717, 1.165) is 13.0 Å². The molecular weight excluding hydrogens is 240 g/mol. The van der Waals surface area contributed by atoms with Crippen molar-refractivity contribution in [1.82, 2.24) is 10.2 Å². The monoisotopic (exact) mass is 268 g/mol. The number of rotatable bonds is 7. The standard InChI is InChI=1S/C15H28N2S/c1-7-9-16-14(13-10-12(3)18-11-13)15(4,8-2)17(5)6/h10-11,14,16H,7-9H2,1-6H3. The van der Waals surface area contributed by atoms with E-state index in [1.165, 1.54) is 16.9 Å². The van der Waals surface area contributed by atoms with E-state index < -0.39 is 0 Å².